The van der Waals surface area contributed by atoms with Gasteiger partial charge >= 0.3 is 0 Å². The third-order valence-electron chi connectivity index (χ3n) is 1.89. The van der Waals surface area contributed by atoms with Crippen LogP contribution in [0.15, 0.2) is 28.7 Å². The molecular weight excluding hydrogens is 250 g/mol. The minimum atomic E-state index is -3.64. The molecule has 0 atom stereocenters. The molecule has 8 heteroatoms. The van der Waals surface area contributed by atoms with Gasteiger partial charge in [0.05, 0.1) is 23.4 Å². The summed E-state index contributed by atoms with van der Waals surface area (Å²) < 4.78 is 26.1. The lowest BCUT2D eigenvalue weighted by atomic mass is 10.5. The molecule has 0 spiro atoms. The molecule has 0 aromatic carbocycles. The lowest BCUT2D eigenvalue weighted by Gasteiger charge is -2.05. The van der Waals surface area contributed by atoms with E-state index in [1.54, 1.807) is 5.38 Å². The van der Waals surface area contributed by atoms with Gasteiger partial charge in [-0.25, -0.2) is 8.42 Å². The number of hydrogen-bond donors (Lipinski definition) is 3. The van der Waals surface area contributed by atoms with Crippen LogP contribution in [0.2, 0.25) is 0 Å². The molecule has 0 saturated carbocycles. The van der Waals surface area contributed by atoms with E-state index in [1.807, 2.05) is 0 Å². The highest BCUT2D eigenvalue weighted by Gasteiger charge is 2.19. The molecule has 0 radical (unpaired) electrons. The molecule has 2 aromatic rings. The fourth-order valence-corrected chi connectivity index (χ4v) is 3.53. The summed E-state index contributed by atoms with van der Waals surface area (Å²) in [5, 5.41) is 16.8. The highest BCUT2D eigenvalue weighted by Crippen LogP contribution is 2.23. The normalized spacial score (nSPS) is 11.6. The van der Waals surface area contributed by atoms with Crippen LogP contribution in [0.3, 0.4) is 0 Å². The van der Waals surface area contributed by atoms with Crippen LogP contribution in [-0.2, 0) is 16.6 Å². The fraction of sp³-hybridized carbons (Fsp3) is 0.125. The quantitative estimate of drug-likeness (QED) is 0.755. The Morgan fingerprint density at radius 2 is 2.38 bits per heavy atom. The lowest BCUT2D eigenvalue weighted by molar-refractivity contribution is 0.282. The molecule has 0 amide bonds. The number of aromatic nitrogens is 2. The number of thiophene rings is 1. The van der Waals surface area contributed by atoms with Crippen LogP contribution in [0.1, 0.15) is 4.88 Å². The predicted molar refractivity (Wildman–Crippen MR) is 59.6 cm³/mol. The average molecular weight is 259 g/mol. The number of aromatic amines is 1. The summed E-state index contributed by atoms with van der Waals surface area (Å²) in [5.41, 5.74) is 0.357. The first-order chi connectivity index (χ1) is 7.63. The Morgan fingerprint density at radius 1 is 1.56 bits per heavy atom. The number of H-pyrrole nitrogens is 1. The number of aliphatic hydroxyl groups excluding tert-OH is 1. The SMILES string of the molecule is O=S(=O)(Nc1cn[nH]c1)c1ccsc1CO. The van der Waals surface area contributed by atoms with E-state index >= 15 is 0 Å². The van der Waals surface area contributed by atoms with Crippen LogP contribution in [0, 0.1) is 0 Å². The predicted octanol–water partition coefficient (Wildman–Crippen LogP) is 0.764. The van der Waals surface area contributed by atoms with Crippen LogP contribution >= 0.6 is 11.3 Å². The molecular formula is C8H9N3O3S2. The minimum Gasteiger partial charge on any atom is -0.391 e. The minimum absolute atomic E-state index is 0.0983. The van der Waals surface area contributed by atoms with Crippen LogP contribution < -0.4 is 4.72 Å². The van der Waals surface area contributed by atoms with Crippen molar-refractivity contribution in [3.8, 4) is 0 Å². The molecule has 0 bridgehead atoms. The zero-order chi connectivity index (χ0) is 11.6. The van der Waals surface area contributed by atoms with Crippen molar-refractivity contribution in [1.29, 1.82) is 0 Å². The summed E-state index contributed by atoms with van der Waals surface area (Å²) in [7, 11) is -3.64. The molecule has 16 heavy (non-hydrogen) atoms. The second-order valence-electron chi connectivity index (χ2n) is 2.96. The standard InChI is InChI=1S/C8H9N3O3S2/c12-5-7-8(1-2-15-7)16(13,14)11-6-3-9-10-4-6/h1-4,11-12H,5H2,(H,9,10). The zero-order valence-electron chi connectivity index (χ0n) is 8.04. The van der Waals surface area contributed by atoms with E-state index in [4.69, 9.17) is 5.11 Å². The van der Waals surface area contributed by atoms with Gasteiger partial charge in [-0.05, 0) is 11.4 Å². The van der Waals surface area contributed by atoms with Crippen molar-refractivity contribution in [3.63, 3.8) is 0 Å². The maximum atomic E-state index is 11.9. The average Bonchev–Trinajstić information content (AvgIpc) is 2.85. The Hall–Kier alpha value is -1.38. The third-order valence-corrected chi connectivity index (χ3v) is 4.39. The number of hydrogen-bond acceptors (Lipinski definition) is 5. The lowest BCUT2D eigenvalue weighted by Crippen LogP contribution is -2.13. The van der Waals surface area contributed by atoms with Gasteiger partial charge in [0.15, 0.2) is 0 Å². The maximum absolute atomic E-state index is 11.9. The number of nitrogens with zero attached hydrogens (tertiary/aromatic N) is 1. The second-order valence-corrected chi connectivity index (χ2v) is 5.61. The van der Waals surface area contributed by atoms with Gasteiger partial charge in [0, 0.05) is 6.20 Å². The molecule has 0 aliphatic carbocycles. The van der Waals surface area contributed by atoms with Crippen LogP contribution in [0.25, 0.3) is 0 Å². The van der Waals surface area contributed by atoms with Gasteiger partial charge in [-0.1, -0.05) is 0 Å². The van der Waals surface area contributed by atoms with E-state index in [2.05, 4.69) is 14.9 Å². The number of aliphatic hydroxyl groups is 1. The summed E-state index contributed by atoms with van der Waals surface area (Å²) in [4.78, 5) is 0.511. The van der Waals surface area contributed by atoms with Gasteiger partial charge in [0.2, 0.25) is 0 Å². The molecule has 6 nitrogen and oxygen atoms in total. The largest absolute Gasteiger partial charge is 0.391 e. The number of anilines is 1. The van der Waals surface area contributed by atoms with E-state index in [1.165, 1.54) is 29.8 Å². The topological polar surface area (TPSA) is 95.1 Å². The Labute approximate surface area is 96.0 Å². The van der Waals surface area contributed by atoms with Gasteiger partial charge < -0.3 is 5.11 Å². The van der Waals surface area contributed by atoms with Crippen molar-refractivity contribution in [2.45, 2.75) is 11.5 Å². The molecule has 86 valence electrons. The van der Waals surface area contributed by atoms with Crippen molar-refractivity contribution < 1.29 is 13.5 Å². The molecule has 2 aromatic heterocycles. The van der Waals surface area contributed by atoms with Gasteiger partial charge in [-0.15, -0.1) is 11.3 Å². The van der Waals surface area contributed by atoms with E-state index < -0.39 is 10.0 Å². The van der Waals surface area contributed by atoms with Crippen molar-refractivity contribution in [3.05, 3.63) is 28.7 Å². The molecule has 0 unspecified atom stereocenters. The summed E-state index contributed by atoms with van der Waals surface area (Å²) in [6.07, 6.45) is 2.80. The van der Waals surface area contributed by atoms with Crippen LogP contribution in [0.5, 0.6) is 0 Å². The Morgan fingerprint density at radius 3 is 3.00 bits per heavy atom. The van der Waals surface area contributed by atoms with E-state index in [0.29, 0.717) is 10.6 Å². The number of nitrogens with one attached hydrogen (secondary N) is 2. The van der Waals surface area contributed by atoms with Crippen molar-refractivity contribution >= 4 is 27.0 Å². The summed E-state index contributed by atoms with van der Waals surface area (Å²) in [6.45, 7) is -0.292. The molecule has 2 heterocycles. The fourth-order valence-electron chi connectivity index (χ4n) is 1.20. The van der Waals surface area contributed by atoms with Crippen molar-refractivity contribution in [1.82, 2.24) is 10.2 Å². The maximum Gasteiger partial charge on any atom is 0.263 e. The molecule has 0 saturated heterocycles. The third kappa shape index (κ3) is 2.08. The molecule has 0 aliphatic heterocycles. The monoisotopic (exact) mass is 259 g/mol. The molecule has 3 N–H and O–H groups in total. The van der Waals surface area contributed by atoms with Crippen molar-refractivity contribution in [2.75, 3.05) is 4.72 Å². The molecule has 0 fully saturated rings. The van der Waals surface area contributed by atoms with Gasteiger partial charge in [-0.3, -0.25) is 9.82 Å². The van der Waals surface area contributed by atoms with E-state index in [0.717, 1.165) is 0 Å². The molecule has 0 aliphatic rings. The highest BCUT2D eigenvalue weighted by molar-refractivity contribution is 7.93. The smallest absolute Gasteiger partial charge is 0.263 e. The van der Waals surface area contributed by atoms with Crippen LogP contribution in [-0.4, -0.2) is 23.7 Å². The van der Waals surface area contributed by atoms with Crippen LogP contribution in [0.4, 0.5) is 5.69 Å². The number of rotatable bonds is 4. The van der Waals surface area contributed by atoms with Gasteiger partial charge in [0.1, 0.15) is 4.90 Å². The van der Waals surface area contributed by atoms with E-state index in [-0.39, 0.29) is 11.5 Å². The summed E-state index contributed by atoms with van der Waals surface area (Å²) >= 11 is 1.20. The zero-order valence-corrected chi connectivity index (χ0v) is 9.68. The summed E-state index contributed by atoms with van der Waals surface area (Å²) in [5.74, 6) is 0. The van der Waals surface area contributed by atoms with Crippen molar-refractivity contribution in [2.24, 2.45) is 0 Å². The Bertz CT molecular complexity index is 559. The number of sulfonamides is 1. The van der Waals surface area contributed by atoms with Gasteiger partial charge in [0.25, 0.3) is 10.0 Å². The Kier molecular flexibility index (Phi) is 2.95. The summed E-state index contributed by atoms with van der Waals surface area (Å²) in [6, 6.07) is 1.46. The van der Waals surface area contributed by atoms with Gasteiger partial charge in [-0.2, -0.15) is 5.10 Å². The first-order valence-corrected chi connectivity index (χ1v) is 6.68. The second kappa shape index (κ2) is 4.24. The first-order valence-electron chi connectivity index (χ1n) is 4.32. The first kappa shape index (κ1) is 11.1. The Balaban J connectivity index is 2.33. The highest BCUT2D eigenvalue weighted by atomic mass is 32.2. The van der Waals surface area contributed by atoms with E-state index in [9.17, 15) is 8.42 Å². The molecule has 2 rings (SSSR count).